The molecule has 0 bridgehead atoms. The van der Waals surface area contributed by atoms with Gasteiger partial charge in [-0.1, -0.05) is 29.3 Å². The normalized spacial score (nSPS) is 10.3. The molecular formula is C14H12BrCl2NO. The standard InChI is InChI=1S/C14H12BrCl2NO/c1-19-14-4-2-3-12(16)10(14)8-18-9-5-6-13(17)11(15)7-9/h2-7,18H,8H2,1H3. The summed E-state index contributed by atoms with van der Waals surface area (Å²) in [4.78, 5) is 0. The highest BCUT2D eigenvalue weighted by Crippen LogP contribution is 2.29. The zero-order valence-corrected chi connectivity index (χ0v) is 13.3. The van der Waals surface area contributed by atoms with Crippen molar-refractivity contribution in [2.45, 2.75) is 6.54 Å². The fraction of sp³-hybridized carbons (Fsp3) is 0.143. The van der Waals surface area contributed by atoms with Crippen LogP contribution in [0, 0.1) is 0 Å². The van der Waals surface area contributed by atoms with Crippen molar-refractivity contribution in [3.8, 4) is 5.75 Å². The van der Waals surface area contributed by atoms with Gasteiger partial charge in [-0.3, -0.25) is 0 Å². The Balaban J connectivity index is 2.16. The van der Waals surface area contributed by atoms with E-state index in [2.05, 4.69) is 21.2 Å². The molecule has 19 heavy (non-hydrogen) atoms. The van der Waals surface area contributed by atoms with Gasteiger partial charge < -0.3 is 10.1 Å². The topological polar surface area (TPSA) is 21.3 Å². The number of nitrogens with one attached hydrogen (secondary N) is 1. The molecule has 0 aliphatic rings. The van der Waals surface area contributed by atoms with Crippen LogP contribution in [0.15, 0.2) is 40.9 Å². The lowest BCUT2D eigenvalue weighted by Crippen LogP contribution is -2.02. The number of halogens is 3. The van der Waals surface area contributed by atoms with E-state index in [1.165, 1.54) is 0 Å². The molecule has 2 aromatic carbocycles. The van der Waals surface area contributed by atoms with Gasteiger partial charge >= 0.3 is 0 Å². The lowest BCUT2D eigenvalue weighted by Gasteiger charge is -2.12. The fourth-order valence-electron chi connectivity index (χ4n) is 1.70. The van der Waals surface area contributed by atoms with Crippen LogP contribution in [0.4, 0.5) is 5.69 Å². The summed E-state index contributed by atoms with van der Waals surface area (Å²) in [6.45, 7) is 0.580. The van der Waals surface area contributed by atoms with Crippen molar-refractivity contribution in [2.24, 2.45) is 0 Å². The minimum absolute atomic E-state index is 0.580. The van der Waals surface area contributed by atoms with Gasteiger partial charge in [0.2, 0.25) is 0 Å². The highest BCUT2D eigenvalue weighted by atomic mass is 79.9. The monoisotopic (exact) mass is 359 g/mol. The van der Waals surface area contributed by atoms with Crippen molar-refractivity contribution in [3.05, 3.63) is 56.5 Å². The number of rotatable bonds is 4. The van der Waals surface area contributed by atoms with Gasteiger partial charge in [0.15, 0.2) is 0 Å². The SMILES string of the molecule is COc1cccc(Cl)c1CNc1ccc(Cl)c(Br)c1. The Morgan fingerprint density at radius 2 is 1.95 bits per heavy atom. The predicted molar refractivity (Wildman–Crippen MR) is 84.5 cm³/mol. The Morgan fingerprint density at radius 3 is 2.63 bits per heavy atom. The van der Waals surface area contributed by atoms with Crippen LogP contribution < -0.4 is 10.1 Å². The minimum atomic E-state index is 0.580. The zero-order chi connectivity index (χ0) is 13.8. The molecule has 5 heteroatoms. The molecule has 0 saturated heterocycles. The van der Waals surface area contributed by atoms with Gasteiger partial charge in [-0.25, -0.2) is 0 Å². The highest BCUT2D eigenvalue weighted by Gasteiger charge is 2.07. The summed E-state index contributed by atoms with van der Waals surface area (Å²) in [5.41, 5.74) is 1.89. The first-order valence-electron chi connectivity index (χ1n) is 5.62. The molecule has 0 unspecified atom stereocenters. The Hall–Kier alpha value is -0.900. The summed E-state index contributed by atoms with van der Waals surface area (Å²) in [6, 6.07) is 11.3. The lowest BCUT2D eigenvalue weighted by molar-refractivity contribution is 0.410. The number of ether oxygens (including phenoxy) is 1. The van der Waals surface area contributed by atoms with E-state index in [4.69, 9.17) is 27.9 Å². The Kier molecular flexibility index (Phi) is 4.97. The van der Waals surface area contributed by atoms with Crippen LogP contribution in [0.3, 0.4) is 0 Å². The third kappa shape index (κ3) is 3.56. The molecule has 0 radical (unpaired) electrons. The third-order valence-electron chi connectivity index (χ3n) is 2.68. The molecule has 2 aromatic rings. The van der Waals surface area contributed by atoms with Gasteiger partial charge in [-0.15, -0.1) is 0 Å². The maximum Gasteiger partial charge on any atom is 0.125 e. The van der Waals surface area contributed by atoms with Gasteiger partial charge in [0, 0.05) is 27.3 Å². The summed E-state index contributed by atoms with van der Waals surface area (Å²) < 4.78 is 6.15. The Morgan fingerprint density at radius 1 is 1.16 bits per heavy atom. The molecule has 0 spiro atoms. The van der Waals surface area contributed by atoms with Gasteiger partial charge in [0.05, 0.1) is 12.1 Å². The lowest BCUT2D eigenvalue weighted by atomic mass is 10.2. The van der Waals surface area contributed by atoms with Crippen molar-refractivity contribution >= 4 is 44.8 Å². The van der Waals surface area contributed by atoms with Crippen LogP contribution in [0.25, 0.3) is 0 Å². The summed E-state index contributed by atoms with van der Waals surface area (Å²) in [5, 5.41) is 4.65. The molecule has 0 saturated carbocycles. The van der Waals surface area contributed by atoms with Gasteiger partial charge in [0.25, 0.3) is 0 Å². The van der Waals surface area contributed by atoms with Crippen molar-refractivity contribution < 1.29 is 4.74 Å². The average molecular weight is 361 g/mol. The number of hydrogen-bond acceptors (Lipinski definition) is 2. The Bertz CT molecular complexity index is 590. The molecule has 0 aliphatic carbocycles. The van der Waals surface area contributed by atoms with E-state index < -0.39 is 0 Å². The molecule has 100 valence electrons. The molecule has 1 N–H and O–H groups in total. The fourth-order valence-corrected chi connectivity index (χ4v) is 2.43. The number of anilines is 1. The van der Waals surface area contributed by atoms with Crippen LogP contribution in [0.2, 0.25) is 10.0 Å². The predicted octanol–water partition coefficient (Wildman–Crippen LogP) is 5.38. The van der Waals surface area contributed by atoms with Crippen LogP contribution in [-0.2, 0) is 6.54 Å². The maximum absolute atomic E-state index is 6.18. The molecule has 0 amide bonds. The second-order valence-corrected chi connectivity index (χ2v) is 5.57. The second-order valence-electron chi connectivity index (χ2n) is 3.90. The van der Waals surface area contributed by atoms with E-state index in [0.29, 0.717) is 16.6 Å². The van der Waals surface area contributed by atoms with Gasteiger partial charge in [-0.2, -0.15) is 0 Å². The maximum atomic E-state index is 6.18. The van der Waals surface area contributed by atoms with Gasteiger partial charge in [-0.05, 0) is 46.3 Å². The minimum Gasteiger partial charge on any atom is -0.496 e. The number of hydrogen-bond donors (Lipinski definition) is 1. The van der Waals surface area contributed by atoms with Crippen molar-refractivity contribution in [1.82, 2.24) is 0 Å². The number of benzene rings is 2. The first kappa shape index (κ1) is 14.5. The molecule has 0 aliphatic heterocycles. The molecular weight excluding hydrogens is 349 g/mol. The summed E-state index contributed by atoms with van der Waals surface area (Å²) in [5.74, 6) is 0.771. The van der Waals surface area contributed by atoms with Crippen LogP contribution in [0.1, 0.15) is 5.56 Å². The molecule has 0 atom stereocenters. The van der Waals surface area contributed by atoms with Gasteiger partial charge in [0.1, 0.15) is 5.75 Å². The van der Waals surface area contributed by atoms with E-state index in [1.54, 1.807) is 7.11 Å². The molecule has 0 aromatic heterocycles. The number of methoxy groups -OCH3 is 1. The summed E-state index contributed by atoms with van der Waals surface area (Å²) in [7, 11) is 1.63. The van der Waals surface area contributed by atoms with Crippen molar-refractivity contribution in [1.29, 1.82) is 0 Å². The molecule has 0 heterocycles. The van der Waals surface area contributed by atoms with E-state index >= 15 is 0 Å². The largest absolute Gasteiger partial charge is 0.496 e. The first-order chi connectivity index (χ1) is 9.11. The summed E-state index contributed by atoms with van der Waals surface area (Å²) >= 11 is 15.5. The van der Waals surface area contributed by atoms with Crippen molar-refractivity contribution in [2.75, 3.05) is 12.4 Å². The van der Waals surface area contributed by atoms with Crippen LogP contribution in [0.5, 0.6) is 5.75 Å². The zero-order valence-electron chi connectivity index (χ0n) is 10.2. The molecule has 2 nitrogen and oxygen atoms in total. The van der Waals surface area contributed by atoms with E-state index in [-0.39, 0.29) is 0 Å². The summed E-state index contributed by atoms with van der Waals surface area (Å²) in [6.07, 6.45) is 0. The van der Waals surface area contributed by atoms with Crippen molar-refractivity contribution in [3.63, 3.8) is 0 Å². The molecule has 0 fully saturated rings. The Labute approximate surface area is 130 Å². The smallest absolute Gasteiger partial charge is 0.125 e. The van der Waals surface area contributed by atoms with E-state index in [9.17, 15) is 0 Å². The first-order valence-corrected chi connectivity index (χ1v) is 7.17. The second kappa shape index (κ2) is 6.51. The highest BCUT2D eigenvalue weighted by molar-refractivity contribution is 9.10. The van der Waals surface area contributed by atoms with E-state index in [0.717, 1.165) is 21.5 Å². The van der Waals surface area contributed by atoms with Crippen LogP contribution >= 0.6 is 39.1 Å². The average Bonchev–Trinajstić information content (AvgIpc) is 2.41. The molecule has 2 rings (SSSR count). The third-order valence-corrected chi connectivity index (χ3v) is 4.25. The van der Waals surface area contributed by atoms with Crippen LogP contribution in [-0.4, -0.2) is 7.11 Å². The quantitative estimate of drug-likeness (QED) is 0.790. The van der Waals surface area contributed by atoms with E-state index in [1.807, 2.05) is 36.4 Å².